The minimum Gasteiger partial charge on any atom is -0.478 e. The van der Waals surface area contributed by atoms with Crippen LogP contribution in [0.3, 0.4) is 0 Å². The Balaban J connectivity index is 2.00. The summed E-state index contributed by atoms with van der Waals surface area (Å²) in [6.45, 7) is 3.89. The Labute approximate surface area is 127 Å². The number of hydrogen-bond donors (Lipinski definition) is 2. The van der Waals surface area contributed by atoms with Crippen molar-refractivity contribution >= 4 is 11.9 Å². The van der Waals surface area contributed by atoms with Crippen molar-refractivity contribution in [3.05, 3.63) is 47.6 Å². The van der Waals surface area contributed by atoms with E-state index in [0.717, 1.165) is 5.56 Å². The summed E-state index contributed by atoms with van der Waals surface area (Å²) in [6, 6.07) is 5.88. The molecule has 22 heavy (non-hydrogen) atoms. The Hall–Kier alpha value is -2.70. The fourth-order valence-corrected chi connectivity index (χ4v) is 2.02. The Morgan fingerprint density at radius 3 is 2.45 bits per heavy atom. The van der Waals surface area contributed by atoms with Gasteiger partial charge >= 0.3 is 5.97 Å². The van der Waals surface area contributed by atoms with Crippen molar-refractivity contribution < 1.29 is 19.2 Å². The summed E-state index contributed by atoms with van der Waals surface area (Å²) >= 11 is 0. The molecule has 0 bridgehead atoms. The van der Waals surface area contributed by atoms with Crippen molar-refractivity contribution in [2.45, 2.75) is 26.3 Å². The lowest BCUT2D eigenvalue weighted by atomic mass is 10.0. The maximum Gasteiger partial charge on any atom is 0.335 e. The van der Waals surface area contributed by atoms with Crippen molar-refractivity contribution in [2.75, 3.05) is 0 Å². The second-order valence-electron chi connectivity index (χ2n) is 5.26. The van der Waals surface area contributed by atoms with Gasteiger partial charge < -0.3 is 14.9 Å². The number of carbonyl (C=O) groups is 2. The molecule has 1 amide bonds. The summed E-state index contributed by atoms with van der Waals surface area (Å²) in [6.07, 6.45) is 1.38. The van der Waals surface area contributed by atoms with Crippen LogP contribution in [-0.2, 0) is 11.2 Å². The molecule has 1 heterocycles. The number of aromatic nitrogens is 2. The topological polar surface area (TPSA) is 105 Å². The van der Waals surface area contributed by atoms with Crippen LogP contribution in [0.5, 0.6) is 0 Å². The predicted octanol–water partition coefficient (Wildman–Crippen LogP) is 1.82. The van der Waals surface area contributed by atoms with E-state index >= 15 is 0 Å². The predicted molar refractivity (Wildman–Crippen MR) is 77.1 cm³/mol. The molecule has 7 nitrogen and oxygen atoms in total. The zero-order chi connectivity index (χ0) is 16.1. The van der Waals surface area contributed by atoms with Crippen LogP contribution < -0.4 is 5.32 Å². The standard InChI is InChI=1S/C15H17N3O4/c1-9(2)13(14-16-8-22-18-14)17-12(19)7-10-3-5-11(6-4-10)15(20)21/h3-6,8-9,13H,7H2,1-2H3,(H,17,19)(H,20,21). The maximum atomic E-state index is 12.1. The van der Waals surface area contributed by atoms with Gasteiger partial charge in [0.25, 0.3) is 0 Å². The van der Waals surface area contributed by atoms with E-state index in [0.29, 0.717) is 5.82 Å². The molecule has 116 valence electrons. The zero-order valence-electron chi connectivity index (χ0n) is 12.3. The third-order valence-corrected chi connectivity index (χ3v) is 3.21. The fourth-order valence-electron chi connectivity index (χ4n) is 2.02. The lowest BCUT2D eigenvalue weighted by molar-refractivity contribution is -0.121. The third kappa shape index (κ3) is 3.91. The second-order valence-corrected chi connectivity index (χ2v) is 5.26. The number of rotatable bonds is 6. The van der Waals surface area contributed by atoms with Crippen molar-refractivity contribution in [3.63, 3.8) is 0 Å². The molecule has 2 aromatic rings. The first-order valence-electron chi connectivity index (χ1n) is 6.85. The zero-order valence-corrected chi connectivity index (χ0v) is 12.3. The molecule has 0 saturated heterocycles. The van der Waals surface area contributed by atoms with Gasteiger partial charge in [0.1, 0.15) is 0 Å². The highest BCUT2D eigenvalue weighted by atomic mass is 16.5. The minimum absolute atomic E-state index is 0.107. The molecule has 0 radical (unpaired) electrons. The number of aromatic carboxylic acids is 1. The molecule has 0 saturated carbocycles. The number of carboxylic acid groups (broad SMARTS) is 1. The van der Waals surface area contributed by atoms with Crippen molar-refractivity contribution in [1.29, 1.82) is 0 Å². The van der Waals surface area contributed by atoms with Crippen LogP contribution >= 0.6 is 0 Å². The quantitative estimate of drug-likeness (QED) is 0.843. The van der Waals surface area contributed by atoms with Crippen LogP contribution in [0.4, 0.5) is 0 Å². The summed E-state index contributed by atoms with van der Waals surface area (Å²) in [7, 11) is 0. The summed E-state index contributed by atoms with van der Waals surface area (Å²) in [5, 5.41) is 15.5. The molecular formula is C15H17N3O4. The smallest absolute Gasteiger partial charge is 0.335 e. The molecule has 0 spiro atoms. The Kier molecular flexibility index (Phi) is 4.88. The Morgan fingerprint density at radius 1 is 1.27 bits per heavy atom. The average molecular weight is 303 g/mol. The van der Waals surface area contributed by atoms with E-state index in [1.807, 2.05) is 13.8 Å². The molecule has 0 fully saturated rings. The summed E-state index contributed by atoms with van der Waals surface area (Å²) in [4.78, 5) is 26.9. The second kappa shape index (κ2) is 6.84. The maximum absolute atomic E-state index is 12.1. The van der Waals surface area contributed by atoms with Crippen molar-refractivity contribution in [3.8, 4) is 0 Å². The van der Waals surface area contributed by atoms with Crippen LogP contribution in [0, 0.1) is 5.92 Å². The van der Waals surface area contributed by atoms with E-state index < -0.39 is 5.97 Å². The van der Waals surface area contributed by atoms with Gasteiger partial charge in [-0.25, -0.2) is 4.79 Å². The van der Waals surface area contributed by atoms with Gasteiger partial charge in [0.15, 0.2) is 5.82 Å². The van der Waals surface area contributed by atoms with Crippen LogP contribution in [0.1, 0.15) is 41.6 Å². The summed E-state index contributed by atoms with van der Waals surface area (Å²) in [5.74, 6) is -0.639. The van der Waals surface area contributed by atoms with Crippen molar-refractivity contribution in [2.24, 2.45) is 5.92 Å². The normalized spacial score (nSPS) is 12.1. The van der Waals surface area contributed by atoms with Crippen LogP contribution in [-0.4, -0.2) is 27.1 Å². The lowest BCUT2D eigenvalue weighted by Gasteiger charge is -2.19. The number of carboxylic acids is 1. The molecule has 1 aromatic heterocycles. The van der Waals surface area contributed by atoms with Gasteiger partial charge in [-0.05, 0) is 23.6 Å². The molecule has 2 rings (SSSR count). The SMILES string of the molecule is CC(C)C(NC(=O)Cc1ccc(C(=O)O)cc1)c1ncon1. The first-order chi connectivity index (χ1) is 10.5. The van der Waals surface area contributed by atoms with Gasteiger partial charge in [-0.15, -0.1) is 0 Å². The highest BCUT2D eigenvalue weighted by Crippen LogP contribution is 2.18. The Morgan fingerprint density at radius 2 is 1.95 bits per heavy atom. The molecular weight excluding hydrogens is 286 g/mol. The van der Waals surface area contributed by atoms with Crippen LogP contribution in [0.15, 0.2) is 35.2 Å². The number of nitrogens with one attached hydrogen (secondary N) is 1. The van der Waals surface area contributed by atoms with E-state index in [9.17, 15) is 9.59 Å². The Bertz CT molecular complexity index is 635. The van der Waals surface area contributed by atoms with Gasteiger partial charge in [0.2, 0.25) is 12.3 Å². The van der Waals surface area contributed by atoms with Gasteiger partial charge in [0.05, 0.1) is 18.0 Å². The van der Waals surface area contributed by atoms with E-state index in [1.165, 1.54) is 18.5 Å². The van der Waals surface area contributed by atoms with Gasteiger partial charge in [-0.1, -0.05) is 31.1 Å². The number of hydrogen-bond acceptors (Lipinski definition) is 5. The average Bonchev–Trinajstić information content (AvgIpc) is 2.99. The molecule has 0 aliphatic heterocycles. The number of nitrogens with zero attached hydrogens (tertiary/aromatic N) is 2. The van der Waals surface area contributed by atoms with E-state index in [2.05, 4.69) is 15.5 Å². The van der Waals surface area contributed by atoms with E-state index in [4.69, 9.17) is 9.63 Å². The first kappa shape index (κ1) is 15.7. The monoisotopic (exact) mass is 303 g/mol. The van der Waals surface area contributed by atoms with Gasteiger partial charge in [0, 0.05) is 0 Å². The number of carbonyl (C=O) groups excluding carboxylic acids is 1. The molecule has 2 N–H and O–H groups in total. The first-order valence-corrected chi connectivity index (χ1v) is 6.85. The molecule has 1 atom stereocenters. The fraction of sp³-hybridized carbons (Fsp3) is 0.333. The van der Waals surface area contributed by atoms with Crippen molar-refractivity contribution in [1.82, 2.24) is 15.5 Å². The molecule has 0 aliphatic rings. The summed E-state index contributed by atoms with van der Waals surface area (Å²) in [5.41, 5.74) is 0.925. The molecule has 7 heteroatoms. The highest BCUT2D eigenvalue weighted by Gasteiger charge is 2.22. The molecule has 1 aromatic carbocycles. The van der Waals surface area contributed by atoms with Gasteiger partial charge in [-0.3, -0.25) is 4.79 Å². The van der Waals surface area contributed by atoms with Gasteiger partial charge in [-0.2, -0.15) is 4.98 Å². The summed E-state index contributed by atoms with van der Waals surface area (Å²) < 4.78 is 4.71. The van der Waals surface area contributed by atoms with E-state index in [-0.39, 0.29) is 29.9 Å². The van der Waals surface area contributed by atoms with Crippen LogP contribution in [0.25, 0.3) is 0 Å². The third-order valence-electron chi connectivity index (χ3n) is 3.21. The van der Waals surface area contributed by atoms with E-state index in [1.54, 1.807) is 12.1 Å². The number of benzene rings is 1. The number of amides is 1. The largest absolute Gasteiger partial charge is 0.478 e. The minimum atomic E-state index is -0.993. The molecule has 0 aliphatic carbocycles. The van der Waals surface area contributed by atoms with Crippen LogP contribution in [0.2, 0.25) is 0 Å². The lowest BCUT2D eigenvalue weighted by Crippen LogP contribution is -2.33. The highest BCUT2D eigenvalue weighted by molar-refractivity contribution is 5.87. The molecule has 1 unspecified atom stereocenters.